The van der Waals surface area contributed by atoms with Crippen molar-refractivity contribution >= 4 is 28.7 Å². The number of aryl methyl sites for hydroxylation is 1. The van der Waals surface area contributed by atoms with Gasteiger partial charge in [0.2, 0.25) is 5.82 Å². The number of aliphatic carboxylic acids is 1. The van der Waals surface area contributed by atoms with E-state index in [-0.39, 0.29) is 23.3 Å². The van der Waals surface area contributed by atoms with E-state index < -0.39 is 12.2 Å². The molecule has 5 rings (SSSR count). The van der Waals surface area contributed by atoms with Crippen molar-refractivity contribution in [2.45, 2.75) is 26.0 Å². The fraction of sp³-hybridized carbons (Fsp3) is 0.250. The number of imidazole rings is 1. The predicted molar refractivity (Wildman–Crippen MR) is 121 cm³/mol. The Morgan fingerprint density at radius 1 is 1.21 bits per heavy atom. The van der Waals surface area contributed by atoms with Crippen LogP contribution in [-0.4, -0.2) is 37.2 Å². The Bertz CT molecular complexity index is 1380. The van der Waals surface area contributed by atoms with Crippen molar-refractivity contribution in [2.24, 2.45) is 5.92 Å². The van der Waals surface area contributed by atoms with Gasteiger partial charge in [0.1, 0.15) is 11.7 Å². The number of aromatic nitrogens is 4. The minimum absolute atomic E-state index is 0.0408. The van der Waals surface area contributed by atoms with Gasteiger partial charge in [-0.25, -0.2) is 15.0 Å². The van der Waals surface area contributed by atoms with Gasteiger partial charge < -0.3 is 14.3 Å². The van der Waals surface area contributed by atoms with Crippen LogP contribution in [-0.2, 0) is 9.53 Å². The summed E-state index contributed by atoms with van der Waals surface area (Å²) in [4.78, 5) is 25.0. The van der Waals surface area contributed by atoms with Gasteiger partial charge in [-0.2, -0.15) is 0 Å². The summed E-state index contributed by atoms with van der Waals surface area (Å²) in [5.41, 5.74) is 2.75. The van der Waals surface area contributed by atoms with Crippen LogP contribution in [0.3, 0.4) is 0 Å². The summed E-state index contributed by atoms with van der Waals surface area (Å²) < 4.78 is 13.3. The molecule has 0 amide bonds. The highest BCUT2D eigenvalue weighted by Crippen LogP contribution is 2.39. The van der Waals surface area contributed by atoms with Crippen molar-refractivity contribution in [3.8, 4) is 23.4 Å². The van der Waals surface area contributed by atoms with Crippen LogP contribution in [0.4, 0.5) is 0 Å². The average molecular weight is 463 g/mol. The SMILES string of the molecule is Cc1ccc(C#Cc2nc(Cl)c3nc(-c4ccco4)n([C@@H]4OCC[C@@H]4CC(=O)O)c3n2)cc1. The first kappa shape index (κ1) is 21.2. The number of nitrogens with zero attached hydrogens (tertiary/aromatic N) is 4. The number of furan rings is 1. The van der Waals surface area contributed by atoms with E-state index in [9.17, 15) is 9.90 Å². The number of carbonyl (C=O) groups is 1. The molecular weight excluding hydrogens is 444 g/mol. The van der Waals surface area contributed by atoms with E-state index in [1.807, 2.05) is 31.2 Å². The highest BCUT2D eigenvalue weighted by atomic mass is 35.5. The molecule has 4 heterocycles. The van der Waals surface area contributed by atoms with Gasteiger partial charge in [0.05, 0.1) is 12.7 Å². The quantitative estimate of drug-likeness (QED) is 0.352. The lowest BCUT2D eigenvalue weighted by atomic mass is 10.0. The molecule has 1 aliphatic heterocycles. The van der Waals surface area contributed by atoms with Crippen LogP contribution in [0.2, 0.25) is 5.15 Å². The Hall–Kier alpha value is -3.67. The molecule has 1 N–H and O–H groups in total. The maximum atomic E-state index is 11.4. The van der Waals surface area contributed by atoms with Crippen molar-refractivity contribution in [2.75, 3.05) is 6.61 Å². The Morgan fingerprint density at radius 3 is 2.76 bits per heavy atom. The fourth-order valence-electron chi connectivity index (χ4n) is 3.91. The summed E-state index contributed by atoms with van der Waals surface area (Å²) >= 11 is 6.48. The monoisotopic (exact) mass is 462 g/mol. The van der Waals surface area contributed by atoms with Crippen LogP contribution in [0.1, 0.15) is 36.0 Å². The van der Waals surface area contributed by atoms with Gasteiger partial charge in [0.25, 0.3) is 0 Å². The summed E-state index contributed by atoms with van der Waals surface area (Å²) in [5.74, 6) is 6.02. The highest BCUT2D eigenvalue weighted by molar-refractivity contribution is 6.33. The number of rotatable bonds is 4. The van der Waals surface area contributed by atoms with E-state index in [2.05, 4.69) is 26.8 Å². The van der Waals surface area contributed by atoms with Crippen molar-refractivity contribution in [1.82, 2.24) is 19.5 Å². The number of halogens is 1. The van der Waals surface area contributed by atoms with E-state index in [0.717, 1.165) is 11.1 Å². The van der Waals surface area contributed by atoms with Gasteiger partial charge in [-0.15, -0.1) is 0 Å². The van der Waals surface area contributed by atoms with Gasteiger partial charge in [0, 0.05) is 18.1 Å². The maximum absolute atomic E-state index is 11.4. The van der Waals surface area contributed by atoms with Gasteiger partial charge in [-0.1, -0.05) is 35.2 Å². The summed E-state index contributed by atoms with van der Waals surface area (Å²) in [6.45, 7) is 2.44. The fourth-order valence-corrected chi connectivity index (χ4v) is 4.12. The molecule has 0 saturated carbocycles. The lowest BCUT2D eigenvalue weighted by molar-refractivity contribution is -0.139. The molecule has 2 atom stereocenters. The van der Waals surface area contributed by atoms with Crippen LogP contribution in [0.5, 0.6) is 0 Å². The number of hydrogen-bond donors (Lipinski definition) is 1. The lowest BCUT2D eigenvalue weighted by Gasteiger charge is -2.20. The molecule has 0 unspecified atom stereocenters. The first-order valence-corrected chi connectivity index (χ1v) is 10.8. The zero-order valence-electron chi connectivity index (χ0n) is 17.7. The van der Waals surface area contributed by atoms with Gasteiger partial charge in [0.15, 0.2) is 22.4 Å². The molecule has 0 spiro atoms. The van der Waals surface area contributed by atoms with Crippen LogP contribution < -0.4 is 0 Å². The molecule has 1 saturated heterocycles. The molecule has 1 aromatic carbocycles. The molecule has 0 bridgehead atoms. The van der Waals surface area contributed by atoms with Crippen LogP contribution in [0.25, 0.3) is 22.7 Å². The molecule has 166 valence electrons. The zero-order chi connectivity index (χ0) is 22.9. The summed E-state index contributed by atoms with van der Waals surface area (Å²) in [7, 11) is 0. The summed E-state index contributed by atoms with van der Waals surface area (Å²) in [5, 5.41) is 9.52. The maximum Gasteiger partial charge on any atom is 0.303 e. The third-order valence-electron chi connectivity index (χ3n) is 5.48. The van der Waals surface area contributed by atoms with Crippen molar-refractivity contribution in [1.29, 1.82) is 0 Å². The van der Waals surface area contributed by atoms with Crippen LogP contribution >= 0.6 is 11.6 Å². The third-order valence-corrected chi connectivity index (χ3v) is 5.74. The van der Waals surface area contributed by atoms with E-state index in [1.54, 1.807) is 16.7 Å². The van der Waals surface area contributed by atoms with Gasteiger partial charge in [-0.05, 0) is 43.5 Å². The molecular formula is C24H19ClN4O4. The lowest BCUT2D eigenvalue weighted by Crippen LogP contribution is -2.19. The summed E-state index contributed by atoms with van der Waals surface area (Å²) in [6, 6.07) is 11.3. The molecule has 1 fully saturated rings. The van der Waals surface area contributed by atoms with E-state index in [0.29, 0.717) is 35.8 Å². The van der Waals surface area contributed by atoms with Crippen LogP contribution in [0.15, 0.2) is 47.1 Å². The second kappa shape index (κ2) is 8.70. The predicted octanol–water partition coefficient (Wildman–Crippen LogP) is 4.46. The van der Waals surface area contributed by atoms with Gasteiger partial charge in [-0.3, -0.25) is 9.36 Å². The number of fused-ring (bicyclic) bond motifs is 1. The van der Waals surface area contributed by atoms with E-state index >= 15 is 0 Å². The smallest absolute Gasteiger partial charge is 0.303 e. The molecule has 9 heteroatoms. The molecule has 0 aliphatic carbocycles. The molecule has 3 aromatic heterocycles. The standard InChI is InChI=1S/C24H19ClN4O4/c1-14-4-6-15(7-5-14)8-9-18-26-21(25)20-23(27-18)29(22(28-20)17-3-2-11-32-17)24-16(10-12-33-24)13-19(30)31/h2-7,11,16,24H,10,12-13H2,1H3,(H,30,31)/t16-,24-/m1/s1. The second-order valence-corrected chi connectivity index (χ2v) is 8.17. The van der Waals surface area contributed by atoms with Crippen molar-refractivity contribution < 1.29 is 19.1 Å². The highest BCUT2D eigenvalue weighted by Gasteiger charge is 2.36. The normalized spacial score (nSPS) is 17.8. The Labute approximate surface area is 194 Å². The topological polar surface area (TPSA) is 103 Å². The molecule has 8 nitrogen and oxygen atoms in total. The number of benzene rings is 1. The molecule has 0 radical (unpaired) electrons. The largest absolute Gasteiger partial charge is 0.481 e. The minimum Gasteiger partial charge on any atom is -0.481 e. The average Bonchev–Trinajstić information content (AvgIpc) is 3.52. The van der Waals surface area contributed by atoms with Crippen LogP contribution in [0, 0.1) is 24.7 Å². The number of hydrogen-bond acceptors (Lipinski definition) is 6. The molecule has 33 heavy (non-hydrogen) atoms. The summed E-state index contributed by atoms with van der Waals surface area (Å²) in [6.07, 6.45) is 1.51. The molecule has 1 aliphatic rings. The Morgan fingerprint density at radius 2 is 2.03 bits per heavy atom. The Kier molecular flexibility index (Phi) is 5.58. The first-order valence-electron chi connectivity index (χ1n) is 10.4. The number of carboxylic acid groups (broad SMARTS) is 1. The minimum atomic E-state index is -0.892. The number of ether oxygens (including phenoxy) is 1. The van der Waals surface area contributed by atoms with E-state index in [1.165, 1.54) is 6.26 Å². The Balaban J connectivity index is 1.65. The first-order chi connectivity index (χ1) is 16.0. The van der Waals surface area contributed by atoms with Crippen molar-refractivity contribution in [3.63, 3.8) is 0 Å². The van der Waals surface area contributed by atoms with E-state index in [4.69, 9.17) is 20.8 Å². The van der Waals surface area contributed by atoms with Gasteiger partial charge >= 0.3 is 5.97 Å². The van der Waals surface area contributed by atoms with Crippen molar-refractivity contribution in [3.05, 3.63) is 64.8 Å². The number of carboxylic acids is 1. The third kappa shape index (κ3) is 4.21. The molecule has 4 aromatic rings. The second-order valence-electron chi connectivity index (χ2n) is 7.82. The zero-order valence-corrected chi connectivity index (χ0v) is 18.4.